The fraction of sp³-hybridized carbons (Fsp3) is 0.250. The first-order valence-electron chi connectivity index (χ1n) is 1.89. The van der Waals surface area contributed by atoms with Gasteiger partial charge in [-0.3, -0.25) is 0 Å². The van der Waals surface area contributed by atoms with Crippen molar-refractivity contribution in [2.75, 3.05) is 5.73 Å². The molecule has 1 rings (SSSR count). The second-order valence-electron chi connectivity index (χ2n) is 1.22. The van der Waals surface area contributed by atoms with Crippen LogP contribution < -0.4 is 5.73 Å². The van der Waals surface area contributed by atoms with Crippen LogP contribution in [0.3, 0.4) is 0 Å². The first kappa shape index (κ1) is 4.59. The van der Waals surface area contributed by atoms with Crippen molar-refractivity contribution in [3.05, 3.63) is 11.1 Å². The molecule has 0 unspecified atom stereocenters. The van der Waals surface area contributed by atoms with Crippen LogP contribution in [0.1, 0.15) is 4.88 Å². The van der Waals surface area contributed by atoms with Crippen molar-refractivity contribution in [2.24, 2.45) is 0 Å². The largest absolute Gasteiger partial charge is 0.375 e. The quantitative estimate of drug-likeness (QED) is 0.541. The van der Waals surface area contributed by atoms with Gasteiger partial charge in [0.1, 0.15) is 6.20 Å². The Labute approximate surface area is 46.0 Å². The number of hydrogen-bond donors (Lipinski definition) is 1. The second-order valence-corrected chi connectivity index (χ2v) is 2.45. The Morgan fingerprint density at radius 1 is 1.86 bits per heavy atom. The van der Waals surface area contributed by atoms with Crippen LogP contribution in [0.4, 0.5) is 5.13 Å². The summed E-state index contributed by atoms with van der Waals surface area (Å²) in [6.45, 7) is 1.92. The number of anilines is 1. The highest BCUT2D eigenvalue weighted by molar-refractivity contribution is 7.15. The van der Waals surface area contributed by atoms with E-state index >= 15 is 0 Å². The van der Waals surface area contributed by atoms with E-state index in [1.54, 1.807) is 0 Å². The fourth-order valence-electron chi connectivity index (χ4n) is 0.336. The van der Waals surface area contributed by atoms with Crippen LogP contribution in [0.15, 0.2) is 0 Å². The molecule has 0 atom stereocenters. The van der Waals surface area contributed by atoms with Crippen molar-refractivity contribution in [2.45, 2.75) is 6.92 Å². The molecule has 1 aromatic rings. The molecule has 7 heavy (non-hydrogen) atoms. The number of nitrogens with two attached hydrogens (primary N) is 1. The van der Waals surface area contributed by atoms with Gasteiger partial charge in [0.05, 0.1) is 0 Å². The lowest BCUT2D eigenvalue weighted by molar-refractivity contribution is 1.37. The summed E-state index contributed by atoms with van der Waals surface area (Å²) in [5, 5.41) is 0.595. The number of hydrogen-bond acceptors (Lipinski definition) is 3. The van der Waals surface area contributed by atoms with E-state index in [0.717, 1.165) is 4.88 Å². The maximum atomic E-state index is 5.25. The van der Waals surface area contributed by atoms with E-state index in [4.69, 9.17) is 5.73 Å². The van der Waals surface area contributed by atoms with Crippen LogP contribution in [0.5, 0.6) is 0 Å². The van der Waals surface area contributed by atoms with Gasteiger partial charge < -0.3 is 5.73 Å². The summed E-state index contributed by atoms with van der Waals surface area (Å²) in [7, 11) is 0. The van der Waals surface area contributed by atoms with Crippen LogP contribution in [-0.4, -0.2) is 4.98 Å². The number of nitrogens with zero attached hydrogens (tertiary/aromatic N) is 1. The topological polar surface area (TPSA) is 38.9 Å². The summed E-state index contributed by atoms with van der Waals surface area (Å²) >= 11 is 1.45. The van der Waals surface area contributed by atoms with Crippen molar-refractivity contribution in [3.63, 3.8) is 0 Å². The molecule has 2 nitrogen and oxygen atoms in total. The Balaban J connectivity index is 3.04. The zero-order chi connectivity index (χ0) is 5.28. The minimum Gasteiger partial charge on any atom is -0.375 e. The SMILES string of the molecule is Cc1[c]nc(N)s1. The number of nitrogen functional groups attached to an aromatic ring is 1. The summed E-state index contributed by atoms with van der Waals surface area (Å²) in [5.41, 5.74) is 5.25. The molecule has 0 aromatic carbocycles. The van der Waals surface area contributed by atoms with Gasteiger partial charge in [0.2, 0.25) is 0 Å². The third kappa shape index (κ3) is 0.899. The lowest BCUT2D eigenvalue weighted by Gasteiger charge is -1.69. The molecule has 3 heteroatoms. The molecule has 0 spiro atoms. The maximum absolute atomic E-state index is 5.25. The average Bonchev–Trinajstić information content (AvgIpc) is 1.87. The van der Waals surface area contributed by atoms with Crippen LogP contribution in [0, 0.1) is 13.1 Å². The van der Waals surface area contributed by atoms with E-state index in [1.807, 2.05) is 6.92 Å². The highest BCUT2D eigenvalue weighted by Gasteiger charge is 1.88. The number of aromatic nitrogens is 1. The zero-order valence-electron chi connectivity index (χ0n) is 3.93. The molecule has 0 aliphatic heterocycles. The highest BCUT2D eigenvalue weighted by atomic mass is 32.1. The monoisotopic (exact) mass is 113 g/mol. The van der Waals surface area contributed by atoms with Gasteiger partial charge in [0.15, 0.2) is 5.13 Å². The molecule has 0 fully saturated rings. The van der Waals surface area contributed by atoms with Crippen molar-refractivity contribution in [1.29, 1.82) is 0 Å². The van der Waals surface area contributed by atoms with Gasteiger partial charge in [-0.15, -0.1) is 11.3 Å². The van der Waals surface area contributed by atoms with Crippen LogP contribution >= 0.6 is 11.3 Å². The first-order chi connectivity index (χ1) is 3.29. The lowest BCUT2D eigenvalue weighted by Crippen LogP contribution is -1.77. The second kappa shape index (κ2) is 1.50. The summed E-state index contributed by atoms with van der Waals surface area (Å²) in [5.74, 6) is 0. The third-order valence-corrected chi connectivity index (χ3v) is 1.28. The van der Waals surface area contributed by atoms with E-state index in [-0.39, 0.29) is 0 Å². The van der Waals surface area contributed by atoms with E-state index in [9.17, 15) is 0 Å². The van der Waals surface area contributed by atoms with E-state index in [2.05, 4.69) is 11.2 Å². The van der Waals surface area contributed by atoms with Crippen molar-refractivity contribution >= 4 is 16.5 Å². The molecule has 0 saturated heterocycles. The minimum atomic E-state index is 0.595. The predicted octanol–water partition coefficient (Wildman–Crippen LogP) is 0.834. The van der Waals surface area contributed by atoms with E-state index in [1.165, 1.54) is 11.3 Å². The molecular weight excluding hydrogens is 108 g/mol. The minimum absolute atomic E-state index is 0.595. The molecule has 0 bridgehead atoms. The Morgan fingerprint density at radius 2 is 2.57 bits per heavy atom. The van der Waals surface area contributed by atoms with Crippen molar-refractivity contribution in [3.8, 4) is 0 Å². The average molecular weight is 113 g/mol. The standard InChI is InChI=1S/C4H5N2S/c1-3-2-6-4(5)7-3/h1H3,(H2,5,6). The highest BCUT2D eigenvalue weighted by Crippen LogP contribution is 2.10. The number of aryl methyl sites for hydroxylation is 1. The Bertz CT molecular complexity index is 142. The molecule has 1 heterocycles. The first-order valence-corrected chi connectivity index (χ1v) is 2.71. The smallest absolute Gasteiger partial charge is 0.180 e. The van der Waals surface area contributed by atoms with Crippen LogP contribution in [-0.2, 0) is 0 Å². The van der Waals surface area contributed by atoms with Gasteiger partial charge in [-0.05, 0) is 6.92 Å². The molecule has 0 aliphatic rings. The predicted molar refractivity (Wildman–Crippen MR) is 30.1 cm³/mol. The Kier molecular flexibility index (Phi) is 0.982. The Hall–Kier alpha value is -0.570. The van der Waals surface area contributed by atoms with Gasteiger partial charge in [0, 0.05) is 4.88 Å². The molecule has 37 valence electrons. The summed E-state index contributed by atoms with van der Waals surface area (Å²) in [6.07, 6.45) is 2.71. The van der Waals surface area contributed by atoms with Crippen LogP contribution in [0.2, 0.25) is 0 Å². The van der Waals surface area contributed by atoms with E-state index in [0.29, 0.717) is 5.13 Å². The molecule has 1 radical (unpaired) electrons. The Morgan fingerprint density at radius 3 is 2.71 bits per heavy atom. The molecule has 0 amide bonds. The van der Waals surface area contributed by atoms with Gasteiger partial charge in [-0.1, -0.05) is 0 Å². The maximum Gasteiger partial charge on any atom is 0.180 e. The molecule has 1 aromatic heterocycles. The third-order valence-electron chi connectivity index (χ3n) is 0.581. The summed E-state index contributed by atoms with van der Waals surface area (Å²) < 4.78 is 0. The molecule has 0 aliphatic carbocycles. The molecule has 2 N–H and O–H groups in total. The van der Waals surface area contributed by atoms with Gasteiger partial charge in [-0.2, -0.15) is 0 Å². The number of thiazole rings is 1. The molecular formula is C4H5N2S. The summed E-state index contributed by atoms with van der Waals surface area (Å²) in [4.78, 5) is 4.73. The summed E-state index contributed by atoms with van der Waals surface area (Å²) in [6, 6.07) is 0. The van der Waals surface area contributed by atoms with Crippen molar-refractivity contribution < 1.29 is 0 Å². The van der Waals surface area contributed by atoms with E-state index < -0.39 is 0 Å². The van der Waals surface area contributed by atoms with Gasteiger partial charge >= 0.3 is 0 Å². The normalized spacial score (nSPS) is 9.29. The lowest BCUT2D eigenvalue weighted by atomic mass is 10.7. The fourth-order valence-corrected chi connectivity index (χ4v) is 0.833. The van der Waals surface area contributed by atoms with Crippen molar-refractivity contribution in [1.82, 2.24) is 4.98 Å². The van der Waals surface area contributed by atoms with Gasteiger partial charge in [0.25, 0.3) is 0 Å². The zero-order valence-corrected chi connectivity index (χ0v) is 4.75. The number of rotatable bonds is 0. The van der Waals surface area contributed by atoms with Crippen LogP contribution in [0.25, 0.3) is 0 Å². The molecule has 0 saturated carbocycles. The van der Waals surface area contributed by atoms with Gasteiger partial charge in [-0.25, -0.2) is 4.98 Å².